The van der Waals surface area contributed by atoms with Crippen LogP contribution in [0.5, 0.6) is 5.75 Å². The van der Waals surface area contributed by atoms with Gasteiger partial charge in [-0.3, -0.25) is 15.1 Å². The molecule has 31 heavy (non-hydrogen) atoms. The summed E-state index contributed by atoms with van der Waals surface area (Å²) in [5.74, 6) is 0.733. The summed E-state index contributed by atoms with van der Waals surface area (Å²) in [4.78, 5) is 6.70. The Hall–Kier alpha value is -2.95. The summed E-state index contributed by atoms with van der Waals surface area (Å²) in [5.41, 5.74) is 2.43. The molecular formula is C20H23ClFN7O2. The van der Waals surface area contributed by atoms with Gasteiger partial charge in [-0.15, -0.1) is 0 Å². The van der Waals surface area contributed by atoms with Crippen molar-refractivity contribution in [2.45, 2.75) is 6.04 Å². The van der Waals surface area contributed by atoms with Crippen LogP contribution in [-0.2, 0) is 11.8 Å². The summed E-state index contributed by atoms with van der Waals surface area (Å²) < 4.78 is 27.6. The van der Waals surface area contributed by atoms with Gasteiger partial charge in [-0.05, 0) is 20.2 Å². The molecule has 0 aliphatic carbocycles. The highest BCUT2D eigenvalue weighted by atomic mass is 35.5. The molecule has 0 fully saturated rings. The van der Waals surface area contributed by atoms with E-state index in [0.29, 0.717) is 34.9 Å². The fraction of sp³-hybridized carbons (Fsp3) is 0.350. The molecule has 164 valence electrons. The Morgan fingerprint density at radius 1 is 1.32 bits per heavy atom. The van der Waals surface area contributed by atoms with Crippen molar-refractivity contribution in [2.24, 2.45) is 7.05 Å². The van der Waals surface area contributed by atoms with Gasteiger partial charge >= 0.3 is 0 Å². The number of nitrogens with zero attached hydrogens (tertiary/aromatic N) is 5. The van der Waals surface area contributed by atoms with Crippen LogP contribution < -0.4 is 4.74 Å². The minimum absolute atomic E-state index is 0.0793. The molecule has 0 bridgehead atoms. The first kappa shape index (κ1) is 21.3. The number of ether oxygens (including phenoxy) is 2. The van der Waals surface area contributed by atoms with Crippen molar-refractivity contribution in [3.8, 4) is 28.4 Å². The molecule has 4 aromatic rings. The molecule has 0 unspecified atom stereocenters. The third-order valence-electron chi connectivity index (χ3n) is 5.31. The molecule has 3 aromatic heterocycles. The summed E-state index contributed by atoms with van der Waals surface area (Å²) in [6.07, 6.45) is 3.40. The average Bonchev–Trinajstić information content (AvgIpc) is 3.47. The second-order valence-corrected chi connectivity index (χ2v) is 7.73. The number of methoxy groups -OCH3 is 2. The third-order valence-corrected chi connectivity index (χ3v) is 5.66. The Balaban J connectivity index is 2.00. The summed E-state index contributed by atoms with van der Waals surface area (Å²) in [5, 5.41) is 14.8. The Morgan fingerprint density at radius 2 is 2.10 bits per heavy atom. The van der Waals surface area contributed by atoms with E-state index in [1.165, 1.54) is 7.11 Å². The van der Waals surface area contributed by atoms with Crippen molar-refractivity contribution in [3.63, 3.8) is 0 Å². The van der Waals surface area contributed by atoms with Crippen LogP contribution >= 0.6 is 11.6 Å². The molecule has 0 spiro atoms. The van der Waals surface area contributed by atoms with E-state index in [0.717, 1.165) is 11.1 Å². The Kier molecular flexibility index (Phi) is 5.69. The summed E-state index contributed by atoms with van der Waals surface area (Å²) in [6, 6.07) is 1.60. The minimum Gasteiger partial charge on any atom is -0.495 e. The van der Waals surface area contributed by atoms with Crippen LogP contribution in [0.25, 0.3) is 33.5 Å². The van der Waals surface area contributed by atoms with Crippen LogP contribution in [-0.4, -0.2) is 69.8 Å². The Morgan fingerprint density at radius 3 is 2.71 bits per heavy atom. The number of H-pyrrole nitrogens is 2. The van der Waals surface area contributed by atoms with Crippen LogP contribution in [0.2, 0.25) is 5.02 Å². The molecule has 0 aliphatic heterocycles. The number of fused-ring (bicyclic) bond motifs is 1. The number of rotatable bonds is 7. The molecule has 0 saturated carbocycles. The van der Waals surface area contributed by atoms with E-state index in [-0.39, 0.29) is 16.8 Å². The predicted octanol–water partition coefficient (Wildman–Crippen LogP) is 3.40. The SMILES string of the molecule is COC[C@H](c1nc(-c2c(-c3cn[nH]c3)c3cc(OC)c(Cl)c(F)c3n2C)n[nH]1)N(C)C. The molecule has 4 rings (SSSR count). The zero-order valence-corrected chi connectivity index (χ0v) is 18.6. The van der Waals surface area contributed by atoms with Gasteiger partial charge in [0.1, 0.15) is 16.6 Å². The van der Waals surface area contributed by atoms with Crippen LogP contribution in [0.3, 0.4) is 0 Å². The summed E-state index contributed by atoms with van der Waals surface area (Å²) in [6.45, 7) is 0.437. The highest BCUT2D eigenvalue weighted by molar-refractivity contribution is 6.33. The monoisotopic (exact) mass is 447 g/mol. The number of nitrogens with one attached hydrogen (secondary N) is 2. The number of benzene rings is 1. The maximum atomic E-state index is 15.3. The van der Waals surface area contributed by atoms with Crippen molar-refractivity contribution >= 4 is 22.5 Å². The normalized spacial score (nSPS) is 12.8. The van der Waals surface area contributed by atoms with Gasteiger partial charge < -0.3 is 14.0 Å². The first-order chi connectivity index (χ1) is 14.9. The molecule has 1 aromatic carbocycles. The molecule has 0 radical (unpaired) electrons. The topological polar surface area (TPSA) is 96.9 Å². The molecule has 3 heterocycles. The zero-order valence-electron chi connectivity index (χ0n) is 17.8. The van der Waals surface area contributed by atoms with Gasteiger partial charge in [-0.1, -0.05) is 11.6 Å². The van der Waals surface area contributed by atoms with Gasteiger partial charge in [0.05, 0.1) is 37.2 Å². The van der Waals surface area contributed by atoms with Gasteiger partial charge in [0.2, 0.25) is 0 Å². The smallest absolute Gasteiger partial charge is 0.198 e. The third kappa shape index (κ3) is 3.46. The summed E-state index contributed by atoms with van der Waals surface area (Å²) in [7, 11) is 8.70. The van der Waals surface area contributed by atoms with Crippen LogP contribution in [0.1, 0.15) is 11.9 Å². The summed E-state index contributed by atoms with van der Waals surface area (Å²) >= 11 is 6.20. The quantitative estimate of drug-likeness (QED) is 0.450. The van der Waals surface area contributed by atoms with Crippen LogP contribution in [0.4, 0.5) is 4.39 Å². The molecule has 9 nitrogen and oxygen atoms in total. The fourth-order valence-corrected chi connectivity index (χ4v) is 3.99. The highest BCUT2D eigenvalue weighted by Gasteiger charge is 2.28. The number of halogens is 2. The number of aromatic amines is 2. The van der Waals surface area contributed by atoms with E-state index < -0.39 is 5.82 Å². The number of aromatic nitrogens is 6. The largest absolute Gasteiger partial charge is 0.495 e. The van der Waals surface area contributed by atoms with Crippen LogP contribution in [0, 0.1) is 5.82 Å². The number of hydrogen-bond donors (Lipinski definition) is 2. The van der Waals surface area contributed by atoms with Crippen molar-refractivity contribution in [1.29, 1.82) is 0 Å². The van der Waals surface area contributed by atoms with Gasteiger partial charge in [0, 0.05) is 36.9 Å². The molecule has 2 N–H and O–H groups in total. The van der Waals surface area contributed by atoms with E-state index in [9.17, 15) is 0 Å². The lowest BCUT2D eigenvalue weighted by Crippen LogP contribution is -2.25. The first-order valence-corrected chi connectivity index (χ1v) is 9.88. The lowest BCUT2D eigenvalue weighted by Gasteiger charge is -2.20. The Bertz CT molecular complexity index is 1220. The lowest BCUT2D eigenvalue weighted by molar-refractivity contribution is 0.116. The van der Waals surface area contributed by atoms with Crippen molar-refractivity contribution in [1.82, 2.24) is 34.8 Å². The van der Waals surface area contributed by atoms with Gasteiger partial charge in [0.15, 0.2) is 11.6 Å². The van der Waals surface area contributed by atoms with Crippen LogP contribution in [0.15, 0.2) is 18.5 Å². The van der Waals surface area contributed by atoms with E-state index >= 15 is 4.39 Å². The predicted molar refractivity (Wildman–Crippen MR) is 116 cm³/mol. The molecular weight excluding hydrogens is 425 g/mol. The van der Waals surface area contributed by atoms with E-state index in [1.807, 2.05) is 19.0 Å². The molecule has 0 saturated heterocycles. The van der Waals surface area contributed by atoms with Crippen molar-refractivity contribution in [2.75, 3.05) is 34.9 Å². The van der Waals surface area contributed by atoms with Gasteiger partial charge in [-0.25, -0.2) is 9.37 Å². The number of likely N-dealkylation sites (N-methyl/N-ethyl adjacent to an activating group) is 1. The standard InChI is InChI=1S/C20H23ClFN7O2/c1-28(2)12(9-30-4)19-25-20(27-26-19)18-14(10-7-23-24-8-10)11-6-13(31-5)15(21)16(22)17(11)29(18)3/h6-8,12H,9H2,1-5H3,(H,23,24)(H,25,26,27)/t12-/m1/s1. The molecule has 0 amide bonds. The zero-order chi connectivity index (χ0) is 22.3. The molecule has 11 heteroatoms. The number of hydrogen-bond acceptors (Lipinski definition) is 6. The lowest BCUT2D eigenvalue weighted by atomic mass is 10.0. The molecule has 1 atom stereocenters. The Labute approximate surface area is 183 Å². The first-order valence-electron chi connectivity index (χ1n) is 9.50. The maximum Gasteiger partial charge on any atom is 0.198 e. The van der Waals surface area contributed by atoms with E-state index in [1.54, 1.807) is 37.2 Å². The maximum absolute atomic E-state index is 15.3. The minimum atomic E-state index is -0.573. The fourth-order valence-electron chi connectivity index (χ4n) is 3.77. The van der Waals surface area contributed by atoms with E-state index in [4.69, 9.17) is 26.1 Å². The average molecular weight is 448 g/mol. The second kappa shape index (κ2) is 8.29. The second-order valence-electron chi connectivity index (χ2n) is 7.35. The van der Waals surface area contributed by atoms with Gasteiger partial charge in [0.25, 0.3) is 0 Å². The van der Waals surface area contributed by atoms with Gasteiger partial charge in [-0.2, -0.15) is 10.2 Å². The highest BCUT2D eigenvalue weighted by Crippen LogP contribution is 2.44. The van der Waals surface area contributed by atoms with Crippen molar-refractivity contribution in [3.05, 3.63) is 35.1 Å². The molecule has 0 aliphatic rings. The number of aryl methyl sites for hydroxylation is 1. The van der Waals surface area contributed by atoms with E-state index in [2.05, 4.69) is 20.4 Å². The van der Waals surface area contributed by atoms with Crippen molar-refractivity contribution < 1.29 is 13.9 Å².